The minimum atomic E-state index is -0.314. The van der Waals surface area contributed by atoms with Gasteiger partial charge in [0, 0.05) is 30.7 Å². The van der Waals surface area contributed by atoms with E-state index in [1.54, 1.807) is 35.1 Å². The van der Waals surface area contributed by atoms with E-state index >= 15 is 0 Å². The van der Waals surface area contributed by atoms with Gasteiger partial charge in [0.15, 0.2) is 5.76 Å². The molecule has 0 aliphatic heterocycles. The Labute approximate surface area is 179 Å². The molecule has 0 aliphatic rings. The predicted octanol–water partition coefficient (Wildman–Crippen LogP) is 3.60. The highest BCUT2D eigenvalue weighted by Crippen LogP contribution is 2.20. The molecule has 4 aromatic rings. The zero-order chi connectivity index (χ0) is 22.0. The monoisotopic (exact) mass is 417 g/mol. The summed E-state index contributed by atoms with van der Waals surface area (Å²) in [6.07, 6.45) is 3.03. The second-order valence-corrected chi connectivity index (χ2v) is 7.27. The van der Waals surface area contributed by atoms with Crippen LogP contribution in [0.2, 0.25) is 0 Å². The van der Waals surface area contributed by atoms with Crippen LogP contribution in [0.4, 0.5) is 5.69 Å². The number of hydrogen-bond acceptors (Lipinski definition) is 4. The zero-order valence-corrected chi connectivity index (χ0v) is 17.5. The van der Waals surface area contributed by atoms with Gasteiger partial charge in [0.2, 0.25) is 0 Å². The third kappa shape index (κ3) is 4.13. The Morgan fingerprint density at radius 3 is 2.35 bits per heavy atom. The summed E-state index contributed by atoms with van der Waals surface area (Å²) in [5.41, 5.74) is 4.12. The zero-order valence-electron chi connectivity index (χ0n) is 17.5. The maximum Gasteiger partial charge on any atom is 0.291 e. The first-order valence-corrected chi connectivity index (χ1v) is 9.83. The number of aromatic nitrogens is 3. The lowest BCUT2D eigenvalue weighted by Gasteiger charge is -2.13. The number of rotatable bonds is 6. The average molecular weight is 417 g/mol. The van der Waals surface area contributed by atoms with E-state index < -0.39 is 0 Å². The van der Waals surface area contributed by atoms with Gasteiger partial charge >= 0.3 is 0 Å². The minimum Gasteiger partial charge on any atom is -0.459 e. The molecule has 0 unspecified atom stereocenters. The van der Waals surface area contributed by atoms with Gasteiger partial charge in [-0.1, -0.05) is 12.1 Å². The summed E-state index contributed by atoms with van der Waals surface area (Å²) in [6.45, 7) is 4.34. The Balaban J connectivity index is 1.42. The molecule has 3 aromatic heterocycles. The Morgan fingerprint density at radius 1 is 1.00 bits per heavy atom. The van der Waals surface area contributed by atoms with Gasteiger partial charge in [-0.05, 0) is 55.8 Å². The fraction of sp³-hybridized carbons (Fsp3) is 0.174. The van der Waals surface area contributed by atoms with Gasteiger partial charge in [0.1, 0.15) is 11.4 Å². The van der Waals surface area contributed by atoms with Crippen molar-refractivity contribution < 1.29 is 14.0 Å². The maximum atomic E-state index is 12.9. The molecule has 8 heteroatoms. The third-order valence-electron chi connectivity index (χ3n) is 5.04. The lowest BCUT2D eigenvalue weighted by molar-refractivity contribution is 0.0949. The van der Waals surface area contributed by atoms with Crippen LogP contribution in [0.15, 0.2) is 65.4 Å². The maximum absolute atomic E-state index is 12.9. The average Bonchev–Trinajstić information content (AvgIpc) is 3.49. The summed E-state index contributed by atoms with van der Waals surface area (Å²) in [5, 5.41) is 9.99. The summed E-state index contributed by atoms with van der Waals surface area (Å²) in [6, 6.07) is 14.5. The van der Waals surface area contributed by atoms with E-state index in [0.29, 0.717) is 17.8 Å². The first kappa shape index (κ1) is 20.2. The molecule has 0 atom stereocenters. The second kappa shape index (κ2) is 8.35. The smallest absolute Gasteiger partial charge is 0.291 e. The highest BCUT2D eigenvalue weighted by Gasteiger charge is 2.19. The molecular weight excluding hydrogens is 394 g/mol. The number of nitrogens with one attached hydrogen (secondary N) is 2. The molecule has 1 aromatic carbocycles. The number of carbonyl (C=O) groups is 2. The highest BCUT2D eigenvalue weighted by molar-refractivity contribution is 6.02. The SMILES string of the molecule is Cc1ccc(C)n1-c1c(C(=O)NCc2ccc(NC(=O)c3ccco3)cc2)cnn1C. The molecule has 8 nitrogen and oxygen atoms in total. The van der Waals surface area contributed by atoms with Crippen LogP contribution in [0.25, 0.3) is 5.82 Å². The molecule has 4 rings (SSSR count). The normalized spacial score (nSPS) is 10.8. The largest absolute Gasteiger partial charge is 0.459 e. The Kier molecular flexibility index (Phi) is 5.44. The molecule has 0 fully saturated rings. The quantitative estimate of drug-likeness (QED) is 0.501. The number of hydrogen-bond donors (Lipinski definition) is 2. The molecule has 0 aliphatic carbocycles. The van der Waals surface area contributed by atoms with Crippen molar-refractivity contribution in [1.82, 2.24) is 19.7 Å². The lowest BCUT2D eigenvalue weighted by atomic mass is 10.2. The summed E-state index contributed by atoms with van der Waals surface area (Å²) in [5.74, 6) is 0.460. The lowest BCUT2D eigenvalue weighted by Crippen LogP contribution is -2.24. The van der Waals surface area contributed by atoms with Crippen LogP contribution in [0.1, 0.15) is 37.9 Å². The molecule has 2 N–H and O–H groups in total. The number of anilines is 1. The second-order valence-electron chi connectivity index (χ2n) is 7.27. The van der Waals surface area contributed by atoms with E-state index in [4.69, 9.17) is 4.42 Å². The standard InChI is InChI=1S/C23H23N5O3/c1-15-6-7-16(2)28(15)23-19(14-25-27(23)3)21(29)24-13-17-8-10-18(11-9-17)26-22(30)20-5-4-12-31-20/h4-12,14H,13H2,1-3H3,(H,24,29)(H,26,30). The van der Waals surface area contributed by atoms with Crippen molar-refractivity contribution in [3.05, 3.63) is 89.3 Å². The van der Waals surface area contributed by atoms with Crippen molar-refractivity contribution in [2.24, 2.45) is 7.05 Å². The van der Waals surface area contributed by atoms with E-state index in [0.717, 1.165) is 22.8 Å². The Morgan fingerprint density at radius 2 is 1.71 bits per heavy atom. The third-order valence-corrected chi connectivity index (χ3v) is 5.04. The minimum absolute atomic E-state index is 0.203. The van der Waals surface area contributed by atoms with Crippen molar-refractivity contribution >= 4 is 17.5 Å². The fourth-order valence-electron chi connectivity index (χ4n) is 3.44. The van der Waals surface area contributed by atoms with E-state index in [1.807, 2.05) is 49.7 Å². The van der Waals surface area contributed by atoms with Gasteiger partial charge in [0.25, 0.3) is 11.8 Å². The molecule has 0 radical (unpaired) electrons. The van der Waals surface area contributed by atoms with Crippen molar-refractivity contribution in [3.63, 3.8) is 0 Å². The molecular formula is C23H23N5O3. The number of furan rings is 1. The number of benzene rings is 1. The van der Waals surface area contributed by atoms with Crippen molar-refractivity contribution in [2.75, 3.05) is 5.32 Å². The van der Waals surface area contributed by atoms with Gasteiger partial charge in [-0.15, -0.1) is 0 Å². The number of amides is 2. The van der Waals surface area contributed by atoms with Gasteiger partial charge in [0.05, 0.1) is 12.5 Å². The van der Waals surface area contributed by atoms with Crippen LogP contribution >= 0.6 is 0 Å². The fourth-order valence-corrected chi connectivity index (χ4v) is 3.44. The highest BCUT2D eigenvalue weighted by atomic mass is 16.3. The van der Waals surface area contributed by atoms with Crippen LogP contribution in [0.5, 0.6) is 0 Å². The van der Waals surface area contributed by atoms with Crippen LogP contribution < -0.4 is 10.6 Å². The van der Waals surface area contributed by atoms with E-state index in [-0.39, 0.29) is 17.6 Å². The summed E-state index contributed by atoms with van der Waals surface area (Å²) in [7, 11) is 1.82. The molecule has 0 spiro atoms. The van der Waals surface area contributed by atoms with Gasteiger partial charge in [-0.2, -0.15) is 5.10 Å². The molecule has 0 saturated heterocycles. The molecule has 31 heavy (non-hydrogen) atoms. The first-order chi connectivity index (χ1) is 14.9. The van der Waals surface area contributed by atoms with E-state index in [1.165, 1.54) is 6.26 Å². The van der Waals surface area contributed by atoms with E-state index in [9.17, 15) is 9.59 Å². The van der Waals surface area contributed by atoms with Crippen LogP contribution in [0.3, 0.4) is 0 Å². The Hall–Kier alpha value is -4.07. The summed E-state index contributed by atoms with van der Waals surface area (Å²) >= 11 is 0. The number of carbonyl (C=O) groups excluding carboxylic acids is 2. The predicted molar refractivity (Wildman–Crippen MR) is 116 cm³/mol. The molecule has 0 bridgehead atoms. The van der Waals surface area contributed by atoms with Crippen molar-refractivity contribution in [3.8, 4) is 5.82 Å². The van der Waals surface area contributed by atoms with Crippen molar-refractivity contribution in [2.45, 2.75) is 20.4 Å². The van der Waals surface area contributed by atoms with Gasteiger partial charge in [-0.25, -0.2) is 0 Å². The van der Waals surface area contributed by atoms with Gasteiger partial charge in [-0.3, -0.25) is 14.3 Å². The molecule has 2 amide bonds. The molecule has 158 valence electrons. The molecule has 3 heterocycles. The number of aryl methyl sites for hydroxylation is 3. The Bertz CT molecular complexity index is 1200. The summed E-state index contributed by atoms with van der Waals surface area (Å²) in [4.78, 5) is 24.9. The molecule has 0 saturated carbocycles. The van der Waals surface area contributed by atoms with Crippen molar-refractivity contribution in [1.29, 1.82) is 0 Å². The first-order valence-electron chi connectivity index (χ1n) is 9.83. The van der Waals surface area contributed by atoms with Gasteiger partial charge < -0.3 is 19.6 Å². The van der Waals surface area contributed by atoms with Crippen LogP contribution in [-0.2, 0) is 13.6 Å². The van der Waals surface area contributed by atoms with Crippen LogP contribution in [0, 0.1) is 13.8 Å². The van der Waals surface area contributed by atoms with E-state index in [2.05, 4.69) is 15.7 Å². The van der Waals surface area contributed by atoms with Crippen LogP contribution in [-0.4, -0.2) is 26.2 Å². The summed E-state index contributed by atoms with van der Waals surface area (Å²) < 4.78 is 8.80. The number of nitrogens with zero attached hydrogens (tertiary/aromatic N) is 3. The topological polar surface area (TPSA) is 94.1 Å².